The Bertz CT molecular complexity index is 84.0. The van der Waals surface area contributed by atoms with Gasteiger partial charge in [-0.1, -0.05) is 0 Å². The highest BCUT2D eigenvalue weighted by Crippen LogP contribution is 1.44. The van der Waals surface area contributed by atoms with Crippen molar-refractivity contribution in [3.05, 3.63) is 0 Å². The van der Waals surface area contributed by atoms with Crippen LogP contribution in [-0.4, -0.2) is 11.1 Å². The molecular formula is C2H2BrNO2. The number of carboxylic acids is 1. The van der Waals surface area contributed by atoms with Crippen molar-refractivity contribution in [1.82, 2.24) is 0 Å². The van der Waals surface area contributed by atoms with Crippen LogP contribution in [0.4, 0.5) is 0 Å². The maximum Gasteiger partial charge on any atom is 0.408 e. The van der Waals surface area contributed by atoms with Gasteiger partial charge in [-0.25, -0.2) is 4.79 Å². The van der Waals surface area contributed by atoms with Gasteiger partial charge in [-0.15, -0.1) is 17.0 Å². The zero-order valence-electron chi connectivity index (χ0n) is 2.71. The second-order valence-electron chi connectivity index (χ2n) is 0.417. The summed E-state index contributed by atoms with van der Waals surface area (Å²) in [5, 5.41) is 14.7. The number of aliphatic carboxylic acids is 1. The molecule has 0 atom stereocenters. The molecule has 0 rings (SSSR count). The highest BCUT2D eigenvalue weighted by atomic mass is 79.9. The number of nitriles is 1. The van der Waals surface area contributed by atoms with E-state index in [9.17, 15) is 0 Å². The summed E-state index contributed by atoms with van der Waals surface area (Å²) < 4.78 is 0. The van der Waals surface area contributed by atoms with Crippen LogP contribution >= 0.6 is 17.0 Å². The van der Waals surface area contributed by atoms with Crippen LogP contribution in [-0.2, 0) is 4.79 Å². The average molecular weight is 152 g/mol. The second kappa shape index (κ2) is 4.44. The molecule has 0 aromatic carbocycles. The Morgan fingerprint density at radius 2 is 2.00 bits per heavy atom. The Morgan fingerprint density at radius 1 is 1.83 bits per heavy atom. The van der Waals surface area contributed by atoms with Crippen molar-refractivity contribution in [2.75, 3.05) is 0 Å². The molecule has 6 heavy (non-hydrogen) atoms. The fraction of sp³-hybridized carbons (Fsp3) is 0. The van der Waals surface area contributed by atoms with Gasteiger partial charge in [0.15, 0.2) is 6.07 Å². The molecule has 0 unspecified atom stereocenters. The normalized spacial score (nSPS) is 4.50. The Kier molecular flexibility index (Phi) is 6.71. The van der Waals surface area contributed by atoms with Crippen molar-refractivity contribution in [2.24, 2.45) is 0 Å². The zero-order chi connectivity index (χ0) is 4.28. The van der Waals surface area contributed by atoms with Crippen molar-refractivity contribution >= 4 is 23.0 Å². The van der Waals surface area contributed by atoms with Crippen molar-refractivity contribution in [1.29, 1.82) is 5.26 Å². The van der Waals surface area contributed by atoms with Crippen molar-refractivity contribution < 1.29 is 9.90 Å². The molecule has 0 heterocycles. The smallest absolute Gasteiger partial charge is 0.408 e. The lowest BCUT2D eigenvalue weighted by Crippen LogP contribution is -1.83. The van der Waals surface area contributed by atoms with E-state index in [-0.39, 0.29) is 17.0 Å². The van der Waals surface area contributed by atoms with Gasteiger partial charge in [-0.2, -0.15) is 5.26 Å². The Hall–Kier alpha value is -0.560. The molecule has 0 saturated carbocycles. The number of hydrogen-bond acceptors (Lipinski definition) is 2. The Labute approximate surface area is 45.0 Å². The summed E-state index contributed by atoms with van der Waals surface area (Å²) >= 11 is 0. The van der Waals surface area contributed by atoms with E-state index in [1.807, 2.05) is 0 Å². The highest BCUT2D eigenvalue weighted by Gasteiger charge is 1.79. The molecule has 0 fully saturated rings. The molecule has 0 saturated heterocycles. The maximum atomic E-state index is 9.01. The molecule has 0 amide bonds. The fourth-order valence-electron chi connectivity index (χ4n) is 0. The predicted octanol–water partition coefficient (Wildman–Crippen LogP) is 0.172. The lowest BCUT2D eigenvalue weighted by molar-refractivity contribution is -0.130. The van der Waals surface area contributed by atoms with Gasteiger partial charge in [0.2, 0.25) is 0 Å². The van der Waals surface area contributed by atoms with Gasteiger partial charge < -0.3 is 5.11 Å². The van der Waals surface area contributed by atoms with Crippen molar-refractivity contribution in [3.63, 3.8) is 0 Å². The number of carboxylic acid groups (broad SMARTS) is 1. The van der Waals surface area contributed by atoms with E-state index in [1.165, 1.54) is 0 Å². The van der Waals surface area contributed by atoms with E-state index in [4.69, 9.17) is 15.2 Å². The summed E-state index contributed by atoms with van der Waals surface area (Å²) in [5.41, 5.74) is 0. The summed E-state index contributed by atoms with van der Waals surface area (Å²) in [7, 11) is 0. The molecule has 0 aliphatic heterocycles. The highest BCUT2D eigenvalue weighted by molar-refractivity contribution is 8.93. The number of rotatable bonds is 0. The first-order valence-electron chi connectivity index (χ1n) is 0.901. The number of nitrogens with zero attached hydrogens (tertiary/aromatic N) is 1. The summed E-state index contributed by atoms with van der Waals surface area (Å²) in [6.45, 7) is 0. The molecule has 0 aliphatic carbocycles. The van der Waals surface area contributed by atoms with E-state index < -0.39 is 5.97 Å². The van der Waals surface area contributed by atoms with Crippen LogP contribution < -0.4 is 0 Å². The third kappa shape index (κ3) is 9.88. The first-order chi connectivity index (χ1) is 2.27. The minimum Gasteiger partial charge on any atom is -0.470 e. The third-order valence-corrected chi connectivity index (χ3v) is 0.0956. The van der Waals surface area contributed by atoms with Gasteiger partial charge in [0.05, 0.1) is 0 Å². The molecule has 0 bridgehead atoms. The van der Waals surface area contributed by atoms with Gasteiger partial charge in [0.1, 0.15) is 0 Å². The summed E-state index contributed by atoms with van der Waals surface area (Å²) in [6, 6.07) is 0.944. The quantitative estimate of drug-likeness (QED) is 0.397. The molecule has 0 aliphatic rings. The topological polar surface area (TPSA) is 61.1 Å². The number of halogens is 1. The predicted molar refractivity (Wildman–Crippen MR) is 23.6 cm³/mol. The van der Waals surface area contributed by atoms with E-state index in [0.29, 0.717) is 0 Å². The molecule has 34 valence electrons. The van der Waals surface area contributed by atoms with Crippen LogP contribution in [0.1, 0.15) is 0 Å². The first-order valence-corrected chi connectivity index (χ1v) is 0.901. The largest absolute Gasteiger partial charge is 0.470 e. The van der Waals surface area contributed by atoms with Gasteiger partial charge >= 0.3 is 5.97 Å². The monoisotopic (exact) mass is 151 g/mol. The molecule has 0 radical (unpaired) electrons. The van der Waals surface area contributed by atoms with E-state index in [1.54, 1.807) is 0 Å². The van der Waals surface area contributed by atoms with Crippen molar-refractivity contribution in [3.8, 4) is 6.07 Å². The summed E-state index contributed by atoms with van der Waals surface area (Å²) in [5.74, 6) is -1.44. The molecule has 0 aromatic heterocycles. The molecule has 3 nitrogen and oxygen atoms in total. The van der Waals surface area contributed by atoms with Gasteiger partial charge in [-0.05, 0) is 0 Å². The third-order valence-electron chi connectivity index (χ3n) is 0.0956. The van der Waals surface area contributed by atoms with Gasteiger partial charge in [-0.3, -0.25) is 0 Å². The summed E-state index contributed by atoms with van der Waals surface area (Å²) in [6.07, 6.45) is 0. The standard InChI is InChI=1S/C2HNO2.BrH/c3-1-2(4)5;/h(H,4,5);1H. The van der Waals surface area contributed by atoms with Crippen LogP contribution in [0.15, 0.2) is 0 Å². The second-order valence-corrected chi connectivity index (χ2v) is 0.417. The Morgan fingerprint density at radius 3 is 2.00 bits per heavy atom. The number of carbonyl (C=O) groups is 1. The van der Waals surface area contributed by atoms with Crippen molar-refractivity contribution in [2.45, 2.75) is 0 Å². The lowest BCUT2D eigenvalue weighted by atomic mass is 10.8. The minimum absolute atomic E-state index is 0. The fourth-order valence-corrected chi connectivity index (χ4v) is 0. The summed E-state index contributed by atoms with van der Waals surface area (Å²) in [4.78, 5) is 9.01. The first kappa shape index (κ1) is 9.06. The molecule has 1 N–H and O–H groups in total. The zero-order valence-corrected chi connectivity index (χ0v) is 4.42. The minimum atomic E-state index is -1.44. The van der Waals surface area contributed by atoms with Gasteiger partial charge in [0, 0.05) is 0 Å². The molecule has 4 heteroatoms. The van der Waals surface area contributed by atoms with Crippen LogP contribution in [0.25, 0.3) is 0 Å². The van der Waals surface area contributed by atoms with Gasteiger partial charge in [0.25, 0.3) is 0 Å². The van der Waals surface area contributed by atoms with E-state index in [2.05, 4.69) is 0 Å². The van der Waals surface area contributed by atoms with E-state index in [0.717, 1.165) is 6.07 Å². The average Bonchev–Trinajstić information content (AvgIpc) is 1.38. The van der Waals surface area contributed by atoms with E-state index >= 15 is 0 Å². The maximum absolute atomic E-state index is 9.01. The lowest BCUT2D eigenvalue weighted by Gasteiger charge is -1.56. The van der Waals surface area contributed by atoms with Crippen LogP contribution in [0, 0.1) is 11.3 Å². The number of hydrogen-bond donors (Lipinski definition) is 1. The molecule has 0 aromatic rings. The van der Waals surface area contributed by atoms with Crippen LogP contribution in [0.3, 0.4) is 0 Å². The SMILES string of the molecule is Br.N#CC(=O)O. The van der Waals surface area contributed by atoms with Crippen LogP contribution in [0.2, 0.25) is 0 Å². The van der Waals surface area contributed by atoms with Crippen LogP contribution in [0.5, 0.6) is 0 Å². The molecule has 0 spiro atoms. The Balaban J connectivity index is 0. The molecular weight excluding hydrogens is 150 g/mol.